The molecule has 0 fully saturated rings. The van der Waals surface area contributed by atoms with E-state index in [1.54, 1.807) is 0 Å². The number of benzene rings is 1. The van der Waals surface area contributed by atoms with Crippen molar-refractivity contribution in [3.05, 3.63) is 74.1 Å². The highest BCUT2D eigenvalue weighted by Gasteiger charge is 2.08. The fourth-order valence-electron chi connectivity index (χ4n) is 1.86. The lowest BCUT2D eigenvalue weighted by Crippen LogP contribution is -2.37. The summed E-state index contributed by atoms with van der Waals surface area (Å²) in [6.07, 6.45) is 3.58. The van der Waals surface area contributed by atoms with Crippen molar-refractivity contribution in [1.82, 2.24) is 9.13 Å². The van der Waals surface area contributed by atoms with Crippen LogP contribution < -0.4 is 11.2 Å². The van der Waals surface area contributed by atoms with Gasteiger partial charge in [-0.2, -0.15) is 0 Å². The van der Waals surface area contributed by atoms with Gasteiger partial charge in [0.05, 0.1) is 5.56 Å². The molecule has 0 aliphatic carbocycles. The molecule has 0 saturated heterocycles. The molecule has 0 amide bonds. The van der Waals surface area contributed by atoms with Crippen molar-refractivity contribution in [3.63, 3.8) is 0 Å². The number of hydrogen-bond donors (Lipinski definition) is 0. The summed E-state index contributed by atoms with van der Waals surface area (Å²) in [6, 6.07) is 2.77. The van der Waals surface area contributed by atoms with Crippen LogP contribution >= 0.6 is 0 Å². The molecule has 1 aromatic heterocycles. The van der Waals surface area contributed by atoms with Crippen LogP contribution in [0.3, 0.4) is 0 Å². The Balaban J connectivity index is 2.36. The SMILES string of the molecule is Cn1cc(/C=C/C(=O)c2ccc(F)c(F)c2)c(=O)n(C)c1=O. The Morgan fingerprint density at radius 2 is 1.82 bits per heavy atom. The Hall–Kier alpha value is -2.83. The monoisotopic (exact) mass is 306 g/mol. The van der Waals surface area contributed by atoms with E-state index in [1.807, 2.05) is 0 Å². The molecule has 0 bridgehead atoms. The molecule has 1 heterocycles. The van der Waals surface area contributed by atoms with Gasteiger partial charge in [0.2, 0.25) is 0 Å². The molecule has 0 unspecified atom stereocenters. The van der Waals surface area contributed by atoms with Crippen LogP contribution in [0.1, 0.15) is 15.9 Å². The largest absolute Gasteiger partial charge is 0.330 e. The lowest BCUT2D eigenvalue weighted by atomic mass is 10.1. The van der Waals surface area contributed by atoms with E-state index in [9.17, 15) is 23.2 Å². The zero-order valence-electron chi connectivity index (χ0n) is 11.8. The molecule has 2 aromatic rings. The van der Waals surface area contributed by atoms with E-state index in [2.05, 4.69) is 0 Å². The highest BCUT2D eigenvalue weighted by molar-refractivity contribution is 6.06. The number of aryl methyl sites for hydroxylation is 1. The van der Waals surface area contributed by atoms with Crippen molar-refractivity contribution < 1.29 is 13.6 Å². The smallest absolute Gasteiger partial charge is 0.303 e. The van der Waals surface area contributed by atoms with E-state index in [0.717, 1.165) is 28.8 Å². The average molecular weight is 306 g/mol. The predicted molar refractivity (Wildman–Crippen MR) is 76.6 cm³/mol. The van der Waals surface area contributed by atoms with Gasteiger partial charge in [-0.1, -0.05) is 0 Å². The molecule has 0 spiro atoms. The average Bonchev–Trinajstić information content (AvgIpc) is 2.49. The van der Waals surface area contributed by atoms with Gasteiger partial charge in [-0.05, 0) is 30.4 Å². The normalized spacial score (nSPS) is 11.1. The van der Waals surface area contributed by atoms with E-state index in [1.165, 1.54) is 30.9 Å². The van der Waals surface area contributed by atoms with Crippen molar-refractivity contribution in [2.45, 2.75) is 0 Å². The molecule has 0 aliphatic heterocycles. The third-order valence-electron chi connectivity index (χ3n) is 3.09. The molecular weight excluding hydrogens is 294 g/mol. The standard InChI is InChI=1S/C15H12F2N2O3/c1-18-8-10(14(21)19(2)15(18)22)4-6-13(20)9-3-5-11(16)12(17)7-9/h3-8H,1-2H3/b6-4+. The Morgan fingerprint density at radius 3 is 2.45 bits per heavy atom. The third-order valence-corrected chi connectivity index (χ3v) is 3.09. The number of allylic oxidation sites excluding steroid dienone is 1. The molecular formula is C15H12F2N2O3. The van der Waals surface area contributed by atoms with Gasteiger partial charge in [0, 0.05) is 25.9 Å². The topological polar surface area (TPSA) is 61.1 Å². The van der Waals surface area contributed by atoms with Gasteiger partial charge in [-0.15, -0.1) is 0 Å². The van der Waals surface area contributed by atoms with Gasteiger partial charge in [0.25, 0.3) is 5.56 Å². The maximum atomic E-state index is 13.1. The van der Waals surface area contributed by atoms with Crippen molar-refractivity contribution in [2.24, 2.45) is 14.1 Å². The molecule has 0 aliphatic rings. The molecule has 0 N–H and O–H groups in total. The van der Waals surface area contributed by atoms with Gasteiger partial charge in [-0.25, -0.2) is 13.6 Å². The van der Waals surface area contributed by atoms with Crippen LogP contribution in [0, 0.1) is 11.6 Å². The lowest BCUT2D eigenvalue weighted by molar-refractivity contribution is 0.104. The highest BCUT2D eigenvalue weighted by Crippen LogP contribution is 2.10. The maximum absolute atomic E-state index is 13.1. The summed E-state index contributed by atoms with van der Waals surface area (Å²) in [5, 5.41) is 0. The first-order valence-electron chi connectivity index (χ1n) is 6.25. The van der Waals surface area contributed by atoms with Gasteiger partial charge >= 0.3 is 5.69 Å². The van der Waals surface area contributed by atoms with Crippen LogP contribution in [0.4, 0.5) is 8.78 Å². The number of nitrogens with zero attached hydrogens (tertiary/aromatic N) is 2. The molecule has 0 atom stereocenters. The van der Waals surface area contributed by atoms with E-state index in [4.69, 9.17) is 0 Å². The second-order valence-corrected chi connectivity index (χ2v) is 4.67. The van der Waals surface area contributed by atoms with E-state index in [-0.39, 0.29) is 11.1 Å². The Labute approximate surface area is 123 Å². The Morgan fingerprint density at radius 1 is 1.14 bits per heavy atom. The van der Waals surface area contributed by atoms with Crippen molar-refractivity contribution >= 4 is 11.9 Å². The van der Waals surface area contributed by atoms with Crippen LogP contribution in [0.5, 0.6) is 0 Å². The van der Waals surface area contributed by atoms with Crippen LogP contribution in [0.2, 0.25) is 0 Å². The zero-order chi connectivity index (χ0) is 16.4. The Bertz CT molecular complexity index is 895. The van der Waals surface area contributed by atoms with E-state index in [0.29, 0.717) is 0 Å². The van der Waals surface area contributed by atoms with Gasteiger partial charge in [0.1, 0.15) is 0 Å². The summed E-state index contributed by atoms with van der Waals surface area (Å²) in [6.45, 7) is 0. The fourth-order valence-corrected chi connectivity index (χ4v) is 1.86. The number of hydrogen-bond acceptors (Lipinski definition) is 3. The van der Waals surface area contributed by atoms with Crippen LogP contribution in [0.25, 0.3) is 6.08 Å². The quantitative estimate of drug-likeness (QED) is 0.633. The predicted octanol–water partition coefficient (Wildman–Crippen LogP) is 1.26. The summed E-state index contributed by atoms with van der Waals surface area (Å²) in [4.78, 5) is 35.3. The minimum Gasteiger partial charge on any atom is -0.303 e. The second-order valence-electron chi connectivity index (χ2n) is 4.67. The molecule has 7 heteroatoms. The van der Waals surface area contributed by atoms with Gasteiger partial charge in [-0.3, -0.25) is 14.2 Å². The maximum Gasteiger partial charge on any atom is 0.330 e. The molecule has 2 rings (SSSR count). The first-order valence-corrected chi connectivity index (χ1v) is 6.25. The minimum absolute atomic E-state index is 0.0446. The van der Waals surface area contributed by atoms with Crippen molar-refractivity contribution in [3.8, 4) is 0 Å². The minimum atomic E-state index is -1.13. The van der Waals surface area contributed by atoms with Gasteiger partial charge < -0.3 is 4.57 Å². The zero-order valence-corrected chi connectivity index (χ0v) is 11.8. The van der Waals surface area contributed by atoms with E-state index >= 15 is 0 Å². The summed E-state index contributed by atoms with van der Waals surface area (Å²) in [5.41, 5.74) is -0.969. The van der Waals surface area contributed by atoms with Crippen LogP contribution in [-0.4, -0.2) is 14.9 Å². The first kappa shape index (κ1) is 15.6. The highest BCUT2D eigenvalue weighted by atomic mass is 19.2. The number of halogens is 2. The Kier molecular flexibility index (Phi) is 4.16. The lowest BCUT2D eigenvalue weighted by Gasteiger charge is -2.03. The number of carbonyl (C=O) groups is 1. The summed E-state index contributed by atoms with van der Waals surface area (Å²) < 4.78 is 28.0. The van der Waals surface area contributed by atoms with Crippen molar-refractivity contribution in [1.29, 1.82) is 0 Å². The summed E-state index contributed by atoms with van der Waals surface area (Å²) in [5.74, 6) is -2.76. The molecule has 114 valence electrons. The van der Waals surface area contributed by atoms with E-state index < -0.39 is 28.7 Å². The molecule has 0 radical (unpaired) electrons. The van der Waals surface area contributed by atoms with Crippen molar-refractivity contribution in [2.75, 3.05) is 0 Å². The molecule has 22 heavy (non-hydrogen) atoms. The molecule has 5 nitrogen and oxygen atoms in total. The number of ketones is 1. The number of aromatic nitrogens is 2. The summed E-state index contributed by atoms with van der Waals surface area (Å²) >= 11 is 0. The number of carbonyl (C=O) groups excluding carboxylic acids is 1. The third kappa shape index (κ3) is 2.93. The second kappa shape index (κ2) is 5.88. The van der Waals surface area contributed by atoms with Crippen LogP contribution in [-0.2, 0) is 14.1 Å². The van der Waals surface area contributed by atoms with Crippen LogP contribution in [0.15, 0.2) is 40.1 Å². The molecule has 1 aromatic carbocycles. The fraction of sp³-hybridized carbons (Fsp3) is 0.133. The van der Waals surface area contributed by atoms with Gasteiger partial charge in [0.15, 0.2) is 17.4 Å². The molecule has 0 saturated carbocycles. The first-order chi connectivity index (χ1) is 10.3. The summed E-state index contributed by atoms with van der Waals surface area (Å²) in [7, 11) is 2.79. The number of rotatable bonds is 3.